The average molecular weight is 258 g/mol. The highest BCUT2D eigenvalue weighted by atomic mass is 32.1. The number of esters is 1. The van der Waals surface area contributed by atoms with Crippen molar-refractivity contribution in [3.63, 3.8) is 0 Å². The number of ether oxygens (including phenoxy) is 2. The van der Waals surface area contributed by atoms with E-state index in [2.05, 4.69) is 17.0 Å². The summed E-state index contributed by atoms with van der Waals surface area (Å²) in [7, 11) is 3.00. The van der Waals surface area contributed by atoms with Crippen LogP contribution in [-0.2, 0) is 9.47 Å². The molecule has 0 bridgehead atoms. The Balaban J connectivity index is 2.75. The fraction of sp³-hybridized carbons (Fsp3) is 0.545. The molecular formula is C11H18N2O3S. The van der Waals surface area contributed by atoms with Gasteiger partial charge >= 0.3 is 5.97 Å². The number of hydrogen-bond donors (Lipinski definition) is 2. The Labute approximate surface area is 105 Å². The fourth-order valence-corrected chi connectivity index (χ4v) is 2.37. The third-order valence-corrected chi connectivity index (χ3v) is 3.40. The van der Waals surface area contributed by atoms with Crippen LogP contribution in [0.15, 0.2) is 6.07 Å². The molecule has 3 N–H and O–H groups in total. The van der Waals surface area contributed by atoms with Crippen LogP contribution in [0.2, 0.25) is 0 Å². The zero-order valence-corrected chi connectivity index (χ0v) is 11.1. The lowest BCUT2D eigenvalue weighted by Gasteiger charge is -2.15. The Morgan fingerprint density at radius 2 is 2.29 bits per heavy atom. The van der Waals surface area contributed by atoms with Gasteiger partial charge in [-0.2, -0.15) is 0 Å². The maximum absolute atomic E-state index is 11.4. The van der Waals surface area contributed by atoms with Crippen molar-refractivity contribution in [2.45, 2.75) is 19.4 Å². The Morgan fingerprint density at radius 3 is 2.82 bits per heavy atom. The first-order valence-corrected chi connectivity index (χ1v) is 6.17. The second-order valence-electron chi connectivity index (χ2n) is 3.59. The number of anilines is 2. The van der Waals surface area contributed by atoms with Crippen LogP contribution < -0.4 is 11.1 Å². The molecule has 1 aromatic rings. The number of carbonyl (C=O) groups is 1. The first kappa shape index (κ1) is 13.8. The van der Waals surface area contributed by atoms with E-state index in [-0.39, 0.29) is 6.04 Å². The molecule has 6 heteroatoms. The molecule has 0 aliphatic carbocycles. The van der Waals surface area contributed by atoms with Crippen molar-refractivity contribution in [3.8, 4) is 0 Å². The third kappa shape index (κ3) is 3.61. The molecule has 1 unspecified atom stereocenters. The fourth-order valence-electron chi connectivity index (χ4n) is 1.39. The predicted octanol–water partition coefficient (Wildman–Crippen LogP) is 1.95. The lowest BCUT2D eigenvalue weighted by Crippen LogP contribution is -2.23. The number of hydrogen-bond acceptors (Lipinski definition) is 6. The first-order chi connectivity index (χ1) is 8.12. The Morgan fingerprint density at radius 1 is 1.59 bits per heavy atom. The van der Waals surface area contributed by atoms with E-state index in [1.807, 2.05) is 0 Å². The first-order valence-electron chi connectivity index (χ1n) is 5.35. The van der Waals surface area contributed by atoms with Gasteiger partial charge in [-0.1, -0.05) is 6.92 Å². The summed E-state index contributed by atoms with van der Waals surface area (Å²) in [5.41, 5.74) is 6.19. The SMILES string of the molecule is CCC(COC)Nc1cc(N)c(C(=O)OC)s1. The van der Waals surface area contributed by atoms with Crippen LogP contribution in [0, 0.1) is 0 Å². The monoisotopic (exact) mass is 258 g/mol. The highest BCUT2D eigenvalue weighted by Gasteiger charge is 2.16. The number of methoxy groups -OCH3 is 2. The highest BCUT2D eigenvalue weighted by molar-refractivity contribution is 7.18. The molecule has 0 radical (unpaired) electrons. The summed E-state index contributed by atoms with van der Waals surface area (Å²) in [4.78, 5) is 11.8. The van der Waals surface area contributed by atoms with E-state index in [1.165, 1.54) is 18.4 Å². The molecule has 0 saturated carbocycles. The molecule has 0 aromatic carbocycles. The summed E-state index contributed by atoms with van der Waals surface area (Å²) < 4.78 is 9.74. The van der Waals surface area contributed by atoms with Gasteiger partial charge in [0.15, 0.2) is 0 Å². The molecule has 0 amide bonds. The lowest BCUT2D eigenvalue weighted by atomic mass is 10.2. The Hall–Kier alpha value is -1.27. The van der Waals surface area contributed by atoms with Crippen molar-refractivity contribution in [2.24, 2.45) is 0 Å². The van der Waals surface area contributed by atoms with Gasteiger partial charge in [-0.25, -0.2) is 4.79 Å². The van der Waals surface area contributed by atoms with E-state index in [1.54, 1.807) is 13.2 Å². The normalized spacial score (nSPS) is 12.2. The van der Waals surface area contributed by atoms with Crippen LogP contribution in [0.1, 0.15) is 23.0 Å². The molecule has 96 valence electrons. The number of nitrogens with one attached hydrogen (secondary N) is 1. The van der Waals surface area contributed by atoms with Crippen molar-refractivity contribution in [1.29, 1.82) is 0 Å². The zero-order valence-electron chi connectivity index (χ0n) is 10.3. The molecule has 17 heavy (non-hydrogen) atoms. The van der Waals surface area contributed by atoms with Gasteiger partial charge in [0.25, 0.3) is 0 Å². The van der Waals surface area contributed by atoms with Crippen molar-refractivity contribution in [2.75, 3.05) is 31.9 Å². The van der Waals surface area contributed by atoms with Crippen LogP contribution in [0.25, 0.3) is 0 Å². The third-order valence-electron chi connectivity index (χ3n) is 2.34. The molecule has 0 spiro atoms. The molecule has 1 aromatic heterocycles. The second-order valence-corrected chi connectivity index (χ2v) is 4.64. The van der Waals surface area contributed by atoms with Gasteiger partial charge in [-0.3, -0.25) is 0 Å². The number of nitrogen functional groups attached to an aromatic ring is 1. The highest BCUT2D eigenvalue weighted by Crippen LogP contribution is 2.30. The summed E-state index contributed by atoms with van der Waals surface area (Å²) in [6, 6.07) is 1.96. The lowest BCUT2D eigenvalue weighted by molar-refractivity contribution is 0.0607. The van der Waals surface area contributed by atoms with Crippen molar-refractivity contribution in [3.05, 3.63) is 10.9 Å². The minimum atomic E-state index is -0.402. The van der Waals surface area contributed by atoms with Gasteiger partial charge in [0.05, 0.1) is 24.4 Å². The second kappa shape index (κ2) is 6.46. The molecule has 0 saturated heterocycles. The van der Waals surface area contributed by atoms with Gasteiger partial charge in [-0.05, 0) is 12.5 Å². The van der Waals surface area contributed by atoms with E-state index in [9.17, 15) is 4.79 Å². The maximum Gasteiger partial charge on any atom is 0.350 e. The topological polar surface area (TPSA) is 73.6 Å². The number of rotatable bonds is 6. The maximum atomic E-state index is 11.4. The molecule has 0 aliphatic heterocycles. The van der Waals surface area contributed by atoms with E-state index in [0.717, 1.165) is 11.4 Å². The standard InChI is InChI=1S/C11H18N2O3S/c1-4-7(6-15-2)13-9-5-8(12)10(17-9)11(14)16-3/h5,7,13H,4,6,12H2,1-3H3. The van der Waals surface area contributed by atoms with E-state index in [4.69, 9.17) is 10.5 Å². The molecule has 5 nitrogen and oxygen atoms in total. The van der Waals surface area contributed by atoms with Crippen molar-refractivity contribution < 1.29 is 14.3 Å². The van der Waals surface area contributed by atoms with Gasteiger partial charge in [0.1, 0.15) is 4.88 Å². The molecule has 1 atom stereocenters. The number of nitrogens with two attached hydrogens (primary N) is 1. The van der Waals surface area contributed by atoms with E-state index >= 15 is 0 Å². The average Bonchev–Trinajstić information content (AvgIpc) is 2.68. The molecule has 1 rings (SSSR count). The molecule has 1 heterocycles. The molecular weight excluding hydrogens is 240 g/mol. The largest absolute Gasteiger partial charge is 0.465 e. The smallest absolute Gasteiger partial charge is 0.350 e. The van der Waals surface area contributed by atoms with E-state index < -0.39 is 5.97 Å². The zero-order chi connectivity index (χ0) is 12.8. The quantitative estimate of drug-likeness (QED) is 0.763. The van der Waals surface area contributed by atoms with Crippen LogP contribution >= 0.6 is 11.3 Å². The van der Waals surface area contributed by atoms with E-state index in [0.29, 0.717) is 17.2 Å². The number of carbonyl (C=O) groups excluding carboxylic acids is 1. The Bertz CT molecular complexity index is 379. The predicted molar refractivity (Wildman–Crippen MR) is 69.6 cm³/mol. The summed E-state index contributed by atoms with van der Waals surface area (Å²) in [5, 5.41) is 4.13. The van der Waals surface area contributed by atoms with Crippen LogP contribution in [-0.4, -0.2) is 32.8 Å². The summed E-state index contributed by atoms with van der Waals surface area (Å²) in [5.74, 6) is -0.402. The van der Waals surface area contributed by atoms with Gasteiger partial charge in [0.2, 0.25) is 0 Å². The van der Waals surface area contributed by atoms with Crippen LogP contribution in [0.4, 0.5) is 10.7 Å². The van der Waals surface area contributed by atoms with Crippen molar-refractivity contribution >= 4 is 28.0 Å². The molecule has 0 fully saturated rings. The molecule has 0 aliphatic rings. The minimum Gasteiger partial charge on any atom is -0.465 e. The Kier molecular flexibility index (Phi) is 5.24. The van der Waals surface area contributed by atoms with Gasteiger partial charge < -0.3 is 20.5 Å². The number of thiophene rings is 1. The minimum absolute atomic E-state index is 0.212. The summed E-state index contributed by atoms with van der Waals surface area (Å²) >= 11 is 1.30. The van der Waals surface area contributed by atoms with Gasteiger partial charge in [-0.15, -0.1) is 11.3 Å². The summed E-state index contributed by atoms with van der Waals surface area (Å²) in [6.07, 6.45) is 0.930. The summed E-state index contributed by atoms with van der Waals surface area (Å²) in [6.45, 7) is 2.68. The van der Waals surface area contributed by atoms with Gasteiger partial charge in [0, 0.05) is 13.2 Å². The van der Waals surface area contributed by atoms with Crippen LogP contribution in [0.3, 0.4) is 0 Å². The van der Waals surface area contributed by atoms with Crippen molar-refractivity contribution in [1.82, 2.24) is 0 Å². The van der Waals surface area contributed by atoms with Crippen LogP contribution in [0.5, 0.6) is 0 Å².